The molecule has 0 unspecified atom stereocenters. The molecule has 0 heterocycles. The second-order valence-electron chi connectivity index (χ2n) is 6.43. The molecule has 0 aliphatic carbocycles. The van der Waals surface area contributed by atoms with Gasteiger partial charge in [0.15, 0.2) is 0 Å². The molecule has 3 aromatic rings. The number of phenolic OH excluding ortho intramolecular Hbond substituents is 1. The van der Waals surface area contributed by atoms with E-state index < -0.39 is 0 Å². The van der Waals surface area contributed by atoms with E-state index >= 15 is 0 Å². The zero-order valence-electron chi connectivity index (χ0n) is 15.4. The van der Waals surface area contributed by atoms with Crippen molar-refractivity contribution in [3.8, 4) is 11.5 Å². The summed E-state index contributed by atoms with van der Waals surface area (Å²) < 4.78 is 5.74. The van der Waals surface area contributed by atoms with Gasteiger partial charge in [-0.3, -0.25) is 4.79 Å². The molecule has 0 aromatic heterocycles. The standard InChI is InChI=1S/C23H22ClNO3/c24-19-11-14-22(26)21(16-19)25-23(27)18-9-12-20(13-10-18)28-15-5-4-8-17-6-2-1-3-7-17/h1-3,6-7,9-14,16,26H,4-5,8,15H2,(H,25,27). The number of carbonyl (C=O) groups excluding carboxylic acids is 1. The number of anilines is 1. The highest BCUT2D eigenvalue weighted by molar-refractivity contribution is 6.31. The number of halogens is 1. The van der Waals surface area contributed by atoms with E-state index in [-0.39, 0.29) is 17.3 Å². The highest BCUT2D eigenvalue weighted by atomic mass is 35.5. The zero-order chi connectivity index (χ0) is 19.8. The normalized spacial score (nSPS) is 10.5. The van der Waals surface area contributed by atoms with Crippen molar-refractivity contribution in [3.63, 3.8) is 0 Å². The lowest BCUT2D eigenvalue weighted by Gasteiger charge is -2.09. The highest BCUT2D eigenvalue weighted by Gasteiger charge is 2.09. The minimum absolute atomic E-state index is 0.0341. The average Bonchev–Trinajstić information content (AvgIpc) is 2.71. The number of rotatable bonds is 8. The number of hydrogen-bond donors (Lipinski definition) is 2. The molecule has 144 valence electrons. The summed E-state index contributed by atoms with van der Waals surface area (Å²) in [6.07, 6.45) is 3.07. The minimum atomic E-state index is -0.327. The number of benzene rings is 3. The number of unbranched alkanes of at least 4 members (excludes halogenated alkanes) is 1. The molecule has 0 atom stereocenters. The van der Waals surface area contributed by atoms with Crippen LogP contribution in [0.4, 0.5) is 5.69 Å². The van der Waals surface area contributed by atoms with Gasteiger partial charge < -0.3 is 15.2 Å². The molecule has 28 heavy (non-hydrogen) atoms. The fraction of sp³-hybridized carbons (Fsp3) is 0.174. The summed E-state index contributed by atoms with van der Waals surface area (Å²) in [4.78, 5) is 12.3. The summed E-state index contributed by atoms with van der Waals surface area (Å²) in [6, 6.07) is 21.8. The fourth-order valence-corrected chi connectivity index (χ4v) is 2.94. The van der Waals surface area contributed by atoms with Gasteiger partial charge in [0.2, 0.25) is 0 Å². The van der Waals surface area contributed by atoms with Crippen LogP contribution in [0.25, 0.3) is 0 Å². The van der Waals surface area contributed by atoms with E-state index in [4.69, 9.17) is 16.3 Å². The van der Waals surface area contributed by atoms with Gasteiger partial charge in [-0.15, -0.1) is 0 Å². The number of phenols is 1. The Morgan fingerprint density at radius 1 is 0.964 bits per heavy atom. The Bertz CT molecular complexity index is 911. The fourth-order valence-electron chi connectivity index (χ4n) is 2.77. The molecule has 3 aromatic carbocycles. The van der Waals surface area contributed by atoms with Crippen LogP contribution in [0.2, 0.25) is 5.02 Å². The van der Waals surface area contributed by atoms with Gasteiger partial charge in [-0.1, -0.05) is 41.9 Å². The van der Waals surface area contributed by atoms with Crippen LogP contribution in [0.3, 0.4) is 0 Å². The van der Waals surface area contributed by atoms with Crippen molar-refractivity contribution >= 4 is 23.2 Å². The molecule has 0 fully saturated rings. The van der Waals surface area contributed by atoms with E-state index in [1.165, 1.54) is 17.7 Å². The summed E-state index contributed by atoms with van der Waals surface area (Å²) in [5.74, 6) is 0.363. The summed E-state index contributed by atoms with van der Waals surface area (Å²) in [7, 11) is 0. The second kappa shape index (κ2) is 9.81. The quantitative estimate of drug-likeness (QED) is 0.380. The smallest absolute Gasteiger partial charge is 0.255 e. The van der Waals surface area contributed by atoms with Crippen molar-refractivity contribution in [2.75, 3.05) is 11.9 Å². The Balaban J connectivity index is 1.45. The predicted octanol–water partition coefficient (Wildman–Crippen LogP) is 5.70. The summed E-state index contributed by atoms with van der Waals surface area (Å²) in [5.41, 5.74) is 2.08. The van der Waals surface area contributed by atoms with Crippen LogP contribution in [0.1, 0.15) is 28.8 Å². The van der Waals surface area contributed by atoms with Crippen LogP contribution in [0.5, 0.6) is 11.5 Å². The number of amides is 1. The molecule has 0 aliphatic heterocycles. The van der Waals surface area contributed by atoms with Gasteiger partial charge in [-0.2, -0.15) is 0 Å². The van der Waals surface area contributed by atoms with Gasteiger partial charge in [-0.05, 0) is 67.3 Å². The van der Waals surface area contributed by atoms with Crippen LogP contribution >= 0.6 is 11.6 Å². The number of aryl methyl sites for hydroxylation is 1. The van der Waals surface area contributed by atoms with Crippen LogP contribution in [-0.4, -0.2) is 17.6 Å². The molecule has 3 rings (SSSR count). The van der Waals surface area contributed by atoms with Crippen molar-refractivity contribution in [2.45, 2.75) is 19.3 Å². The second-order valence-corrected chi connectivity index (χ2v) is 6.87. The summed E-state index contributed by atoms with van der Waals surface area (Å²) in [5, 5.41) is 12.9. The van der Waals surface area contributed by atoms with Crippen LogP contribution in [0.15, 0.2) is 72.8 Å². The molecule has 0 spiro atoms. The molecular weight excluding hydrogens is 374 g/mol. The number of ether oxygens (including phenoxy) is 1. The highest BCUT2D eigenvalue weighted by Crippen LogP contribution is 2.27. The summed E-state index contributed by atoms with van der Waals surface area (Å²) in [6.45, 7) is 0.634. The Morgan fingerprint density at radius 3 is 2.46 bits per heavy atom. The minimum Gasteiger partial charge on any atom is -0.506 e. The molecule has 0 saturated heterocycles. The molecule has 5 heteroatoms. The molecule has 0 aliphatic rings. The van der Waals surface area contributed by atoms with Crippen molar-refractivity contribution in [3.05, 3.63) is 88.9 Å². The SMILES string of the molecule is O=C(Nc1cc(Cl)ccc1O)c1ccc(OCCCCc2ccccc2)cc1. The first-order chi connectivity index (χ1) is 13.6. The maximum absolute atomic E-state index is 12.3. The van der Waals surface area contributed by atoms with Crippen LogP contribution in [-0.2, 0) is 6.42 Å². The van der Waals surface area contributed by atoms with Gasteiger partial charge in [0, 0.05) is 10.6 Å². The third-order valence-corrected chi connectivity index (χ3v) is 4.53. The lowest BCUT2D eigenvalue weighted by molar-refractivity contribution is 0.102. The molecule has 0 bridgehead atoms. The van der Waals surface area contributed by atoms with Gasteiger partial charge in [-0.25, -0.2) is 0 Å². The predicted molar refractivity (Wildman–Crippen MR) is 112 cm³/mol. The van der Waals surface area contributed by atoms with Crippen LogP contribution in [0, 0.1) is 0 Å². The Morgan fingerprint density at radius 2 is 1.71 bits per heavy atom. The van der Waals surface area contributed by atoms with E-state index in [2.05, 4.69) is 29.6 Å². The van der Waals surface area contributed by atoms with E-state index in [0.29, 0.717) is 17.2 Å². The molecule has 1 amide bonds. The van der Waals surface area contributed by atoms with Crippen molar-refractivity contribution in [1.29, 1.82) is 0 Å². The third-order valence-electron chi connectivity index (χ3n) is 4.29. The number of aromatic hydroxyl groups is 1. The Kier molecular flexibility index (Phi) is 6.93. The molecule has 4 nitrogen and oxygen atoms in total. The van der Waals surface area contributed by atoms with Gasteiger partial charge in [0.05, 0.1) is 12.3 Å². The first kappa shape index (κ1) is 19.8. The van der Waals surface area contributed by atoms with Crippen LogP contribution < -0.4 is 10.1 Å². The first-order valence-corrected chi connectivity index (χ1v) is 9.56. The van der Waals surface area contributed by atoms with Crippen molar-refractivity contribution in [2.24, 2.45) is 0 Å². The third kappa shape index (κ3) is 5.76. The maximum atomic E-state index is 12.3. The van der Waals surface area contributed by atoms with E-state index in [1.807, 2.05) is 6.07 Å². The zero-order valence-corrected chi connectivity index (χ0v) is 16.2. The first-order valence-electron chi connectivity index (χ1n) is 9.18. The number of carbonyl (C=O) groups is 1. The molecule has 0 saturated carbocycles. The molecule has 0 radical (unpaired) electrons. The van der Waals surface area contributed by atoms with E-state index in [0.717, 1.165) is 25.0 Å². The molecule has 2 N–H and O–H groups in total. The number of nitrogens with one attached hydrogen (secondary N) is 1. The lowest BCUT2D eigenvalue weighted by atomic mass is 10.1. The Labute approximate surface area is 169 Å². The topological polar surface area (TPSA) is 58.6 Å². The molecular formula is C23H22ClNO3. The number of hydrogen-bond acceptors (Lipinski definition) is 3. The van der Waals surface area contributed by atoms with Gasteiger partial charge in [0.25, 0.3) is 5.91 Å². The van der Waals surface area contributed by atoms with E-state index in [1.54, 1.807) is 30.3 Å². The van der Waals surface area contributed by atoms with Crippen molar-refractivity contribution < 1.29 is 14.6 Å². The Hall–Kier alpha value is -2.98. The van der Waals surface area contributed by atoms with Gasteiger partial charge >= 0.3 is 0 Å². The lowest BCUT2D eigenvalue weighted by Crippen LogP contribution is -2.12. The monoisotopic (exact) mass is 395 g/mol. The maximum Gasteiger partial charge on any atom is 0.255 e. The largest absolute Gasteiger partial charge is 0.506 e. The van der Waals surface area contributed by atoms with Gasteiger partial charge in [0.1, 0.15) is 11.5 Å². The van der Waals surface area contributed by atoms with Crippen molar-refractivity contribution in [1.82, 2.24) is 0 Å². The summed E-state index contributed by atoms with van der Waals surface area (Å²) >= 11 is 5.89. The van der Waals surface area contributed by atoms with E-state index in [9.17, 15) is 9.90 Å². The average molecular weight is 396 g/mol.